The van der Waals surface area contributed by atoms with Crippen LogP contribution in [0.1, 0.15) is 24.5 Å². The average molecular weight is 180 g/mol. The molecule has 0 aliphatic carbocycles. The maximum Gasteiger partial charge on any atom is 0.0459 e. The minimum Gasteiger partial charge on any atom is -0.385 e. The minimum absolute atomic E-state index is 0.889. The van der Waals surface area contributed by atoms with Crippen LogP contribution < -0.4 is 0 Å². The maximum atomic E-state index is 4.69. The van der Waals surface area contributed by atoms with E-state index < -0.39 is 0 Å². The first-order valence-corrected chi connectivity index (χ1v) is 4.73. The second-order valence-corrected chi connectivity index (χ2v) is 3.15. The van der Waals surface area contributed by atoms with Crippen molar-refractivity contribution in [1.82, 2.24) is 0 Å². The summed E-state index contributed by atoms with van der Waals surface area (Å²) < 4.78 is 4.69. The van der Waals surface area contributed by atoms with Gasteiger partial charge in [-0.3, -0.25) is 0 Å². The van der Waals surface area contributed by atoms with Crippen LogP contribution in [-0.2, 0) is 4.74 Å². The summed E-state index contributed by atoms with van der Waals surface area (Å²) in [5, 5.41) is 0. The fourth-order valence-corrected chi connectivity index (χ4v) is 0.841. The van der Waals surface area contributed by atoms with Gasteiger partial charge in [-0.05, 0) is 20.3 Å². The third-order valence-corrected chi connectivity index (χ3v) is 1.63. The zero-order valence-corrected chi connectivity index (χ0v) is 9.13. The van der Waals surface area contributed by atoms with Gasteiger partial charge in [-0.2, -0.15) is 0 Å². The van der Waals surface area contributed by atoms with E-state index in [0.29, 0.717) is 0 Å². The highest BCUT2D eigenvalue weighted by atomic mass is 16.5. The van der Waals surface area contributed by atoms with E-state index in [1.807, 2.05) is 0 Å². The lowest BCUT2D eigenvalue weighted by Gasteiger charge is -1.90. The number of benzene rings is 1. The van der Waals surface area contributed by atoms with Crippen molar-refractivity contribution in [1.29, 1.82) is 0 Å². The molecule has 0 aromatic heterocycles. The third kappa shape index (κ3) is 7.54. The summed E-state index contributed by atoms with van der Waals surface area (Å²) in [6.07, 6.45) is 1.12. The highest BCUT2D eigenvalue weighted by molar-refractivity contribution is 5.19. The molecule has 1 nitrogen and oxygen atoms in total. The number of hydrogen-bond donors (Lipinski definition) is 0. The maximum absolute atomic E-state index is 4.69. The van der Waals surface area contributed by atoms with Crippen molar-refractivity contribution in [3.63, 3.8) is 0 Å². The van der Waals surface area contributed by atoms with E-state index in [0.717, 1.165) is 13.0 Å². The van der Waals surface area contributed by atoms with Crippen LogP contribution in [0.3, 0.4) is 0 Å². The molecule has 0 atom stereocenters. The molecule has 0 radical (unpaired) electrons. The van der Waals surface area contributed by atoms with E-state index in [1.54, 1.807) is 7.11 Å². The molecule has 0 N–H and O–H groups in total. The fourth-order valence-electron chi connectivity index (χ4n) is 0.841. The summed E-state index contributed by atoms with van der Waals surface area (Å²) in [5.41, 5.74) is 2.66. The average Bonchev–Trinajstić information content (AvgIpc) is 2.13. The quantitative estimate of drug-likeness (QED) is 0.678. The number of hydrogen-bond acceptors (Lipinski definition) is 1. The number of ether oxygens (including phenoxy) is 1. The molecule has 0 aliphatic heterocycles. The van der Waals surface area contributed by atoms with Gasteiger partial charge < -0.3 is 4.74 Å². The lowest BCUT2D eigenvalue weighted by atomic mass is 10.2. The van der Waals surface area contributed by atoms with Crippen molar-refractivity contribution in [3.8, 4) is 0 Å². The molecule has 0 heterocycles. The van der Waals surface area contributed by atoms with Crippen LogP contribution in [0, 0.1) is 13.8 Å². The summed E-state index contributed by atoms with van der Waals surface area (Å²) in [4.78, 5) is 0. The predicted molar refractivity (Wildman–Crippen MR) is 58.1 cm³/mol. The third-order valence-electron chi connectivity index (χ3n) is 1.63. The molecule has 0 saturated carbocycles. The Hall–Kier alpha value is -0.820. The van der Waals surface area contributed by atoms with E-state index in [-0.39, 0.29) is 0 Å². The van der Waals surface area contributed by atoms with Crippen LogP contribution in [0.2, 0.25) is 0 Å². The smallest absolute Gasteiger partial charge is 0.0459 e. The highest BCUT2D eigenvalue weighted by Gasteiger charge is 1.79. The molecule has 0 amide bonds. The second-order valence-electron chi connectivity index (χ2n) is 3.15. The Labute approximate surface area is 81.7 Å². The Bertz CT molecular complexity index is 178. The molecule has 0 bridgehead atoms. The molecule has 1 heteroatoms. The van der Waals surface area contributed by atoms with Gasteiger partial charge in [-0.25, -0.2) is 0 Å². The van der Waals surface area contributed by atoms with Crippen molar-refractivity contribution in [2.45, 2.75) is 27.2 Å². The molecule has 74 valence electrons. The van der Waals surface area contributed by atoms with Crippen molar-refractivity contribution in [2.75, 3.05) is 13.7 Å². The Morgan fingerprint density at radius 3 is 1.54 bits per heavy atom. The summed E-state index contributed by atoms with van der Waals surface area (Å²) in [6, 6.07) is 8.48. The van der Waals surface area contributed by atoms with Crippen LogP contribution in [0.5, 0.6) is 0 Å². The molecule has 0 spiro atoms. The van der Waals surface area contributed by atoms with Gasteiger partial charge in [-0.1, -0.05) is 42.3 Å². The minimum atomic E-state index is 0.889. The normalized spacial score (nSPS) is 8.92. The molecule has 0 saturated heterocycles. The van der Waals surface area contributed by atoms with E-state index >= 15 is 0 Å². The van der Waals surface area contributed by atoms with Crippen molar-refractivity contribution >= 4 is 0 Å². The molecular formula is C12H20O. The summed E-state index contributed by atoms with van der Waals surface area (Å²) in [6.45, 7) is 7.17. The van der Waals surface area contributed by atoms with Gasteiger partial charge in [0.1, 0.15) is 0 Å². The Morgan fingerprint density at radius 1 is 1.00 bits per heavy atom. The van der Waals surface area contributed by atoms with Gasteiger partial charge in [0.25, 0.3) is 0 Å². The lowest BCUT2D eigenvalue weighted by molar-refractivity contribution is 0.199. The van der Waals surface area contributed by atoms with Crippen LogP contribution >= 0.6 is 0 Å². The van der Waals surface area contributed by atoms with Gasteiger partial charge in [-0.15, -0.1) is 0 Å². The molecule has 0 unspecified atom stereocenters. The zero-order valence-electron chi connectivity index (χ0n) is 9.13. The van der Waals surface area contributed by atoms with Gasteiger partial charge in [0.05, 0.1) is 0 Å². The Morgan fingerprint density at radius 2 is 1.38 bits per heavy atom. The van der Waals surface area contributed by atoms with Gasteiger partial charge in [0.2, 0.25) is 0 Å². The van der Waals surface area contributed by atoms with Crippen LogP contribution in [-0.4, -0.2) is 13.7 Å². The Kier molecular flexibility index (Phi) is 7.32. The molecule has 0 fully saturated rings. The van der Waals surface area contributed by atoms with Crippen LogP contribution in [0.4, 0.5) is 0 Å². The van der Waals surface area contributed by atoms with Crippen LogP contribution in [0.25, 0.3) is 0 Å². The second kappa shape index (κ2) is 7.81. The molecular weight excluding hydrogens is 160 g/mol. The van der Waals surface area contributed by atoms with E-state index in [4.69, 9.17) is 4.74 Å². The van der Waals surface area contributed by atoms with Gasteiger partial charge >= 0.3 is 0 Å². The molecule has 1 rings (SSSR count). The van der Waals surface area contributed by atoms with E-state index in [1.165, 1.54) is 11.1 Å². The molecule has 1 aromatic rings. The predicted octanol–water partition coefficient (Wildman–Crippen LogP) is 3.35. The lowest BCUT2D eigenvalue weighted by Crippen LogP contribution is -1.80. The standard InChI is InChI=1S/C8H10.C4H10O/c1-7-3-5-8(2)6-4-7;1-3-4-5-2/h3-6H,1-2H3;3-4H2,1-2H3. The molecule has 1 aromatic carbocycles. The fraction of sp³-hybridized carbons (Fsp3) is 0.500. The van der Waals surface area contributed by atoms with Crippen molar-refractivity contribution < 1.29 is 4.74 Å². The van der Waals surface area contributed by atoms with Gasteiger partial charge in [0, 0.05) is 13.7 Å². The summed E-state index contributed by atoms with van der Waals surface area (Å²) in [7, 11) is 1.71. The first-order chi connectivity index (χ1) is 6.20. The first-order valence-electron chi connectivity index (χ1n) is 4.73. The number of rotatable bonds is 2. The van der Waals surface area contributed by atoms with Gasteiger partial charge in [0.15, 0.2) is 0 Å². The van der Waals surface area contributed by atoms with E-state index in [9.17, 15) is 0 Å². The number of methoxy groups -OCH3 is 1. The molecule has 13 heavy (non-hydrogen) atoms. The first kappa shape index (κ1) is 12.2. The largest absolute Gasteiger partial charge is 0.385 e. The van der Waals surface area contributed by atoms with Crippen molar-refractivity contribution in [3.05, 3.63) is 35.4 Å². The topological polar surface area (TPSA) is 9.23 Å². The van der Waals surface area contributed by atoms with E-state index in [2.05, 4.69) is 45.0 Å². The number of aryl methyl sites for hydroxylation is 2. The monoisotopic (exact) mass is 180 g/mol. The van der Waals surface area contributed by atoms with Crippen molar-refractivity contribution in [2.24, 2.45) is 0 Å². The zero-order chi connectivity index (χ0) is 10.1. The highest BCUT2D eigenvalue weighted by Crippen LogP contribution is 1.99. The molecule has 0 aliphatic rings. The Balaban J connectivity index is 0.000000252. The summed E-state index contributed by atoms with van der Waals surface area (Å²) >= 11 is 0. The summed E-state index contributed by atoms with van der Waals surface area (Å²) in [5.74, 6) is 0. The van der Waals surface area contributed by atoms with Crippen LogP contribution in [0.15, 0.2) is 24.3 Å². The SMILES string of the molecule is CCCOC.Cc1ccc(C)cc1.